The van der Waals surface area contributed by atoms with E-state index in [1.165, 1.54) is 11.6 Å². The first-order chi connectivity index (χ1) is 8.69. The minimum Gasteiger partial charge on any atom is -0.463 e. The van der Waals surface area contributed by atoms with Gasteiger partial charge in [-0.3, -0.25) is 0 Å². The summed E-state index contributed by atoms with van der Waals surface area (Å²) in [7, 11) is 0. The molecule has 0 radical (unpaired) electrons. The van der Waals surface area contributed by atoms with Gasteiger partial charge < -0.3 is 10.5 Å². The molecule has 0 aliphatic heterocycles. The Kier molecular flexibility index (Phi) is 6.15. The molecule has 1 rings (SSSR count). The van der Waals surface area contributed by atoms with Gasteiger partial charge in [-0.2, -0.15) is 0 Å². The van der Waals surface area contributed by atoms with Gasteiger partial charge in [-0.05, 0) is 30.4 Å². The fourth-order valence-corrected chi connectivity index (χ4v) is 1.99. The number of carbonyl (C=O) groups excluding carboxylic acids is 1. The van der Waals surface area contributed by atoms with E-state index in [1.807, 2.05) is 18.2 Å². The molecule has 1 aromatic carbocycles. The molecule has 0 aliphatic rings. The summed E-state index contributed by atoms with van der Waals surface area (Å²) in [6.45, 7) is 6.51. The van der Waals surface area contributed by atoms with Crippen molar-refractivity contribution in [2.45, 2.75) is 19.3 Å². The zero-order chi connectivity index (χ0) is 13.4. The van der Waals surface area contributed by atoms with Gasteiger partial charge in [0.05, 0.1) is 6.61 Å². The van der Waals surface area contributed by atoms with Crippen molar-refractivity contribution in [1.82, 2.24) is 0 Å². The van der Waals surface area contributed by atoms with Gasteiger partial charge in [0, 0.05) is 6.08 Å². The lowest BCUT2D eigenvalue weighted by atomic mass is 9.85. The van der Waals surface area contributed by atoms with Crippen LogP contribution in [0.4, 0.5) is 0 Å². The van der Waals surface area contributed by atoms with Crippen LogP contribution in [-0.2, 0) is 9.53 Å². The summed E-state index contributed by atoms with van der Waals surface area (Å²) >= 11 is 0. The summed E-state index contributed by atoms with van der Waals surface area (Å²) in [5.74, 6) is 0.297. The SMILES string of the molecule is C=CC(=O)OCCC(c1ccccc1)C(C)CN. The molecule has 98 valence electrons. The van der Waals surface area contributed by atoms with Crippen LogP contribution >= 0.6 is 0 Å². The van der Waals surface area contributed by atoms with E-state index in [-0.39, 0.29) is 5.97 Å². The highest BCUT2D eigenvalue weighted by atomic mass is 16.5. The standard InChI is InChI=1S/C15H21NO2/c1-3-15(17)18-10-9-14(12(2)11-16)13-7-5-4-6-8-13/h3-8,12,14H,1,9-11,16H2,2H3. The van der Waals surface area contributed by atoms with Gasteiger partial charge in [0.2, 0.25) is 0 Å². The molecule has 3 nitrogen and oxygen atoms in total. The van der Waals surface area contributed by atoms with Gasteiger partial charge in [-0.25, -0.2) is 4.79 Å². The van der Waals surface area contributed by atoms with Crippen molar-refractivity contribution >= 4 is 5.97 Å². The fraction of sp³-hybridized carbons (Fsp3) is 0.400. The van der Waals surface area contributed by atoms with Crippen LogP contribution in [0.15, 0.2) is 43.0 Å². The first-order valence-corrected chi connectivity index (χ1v) is 6.23. The van der Waals surface area contributed by atoms with Gasteiger partial charge in [-0.15, -0.1) is 0 Å². The first kappa shape index (κ1) is 14.5. The average molecular weight is 247 g/mol. The molecular formula is C15H21NO2. The summed E-state index contributed by atoms with van der Waals surface area (Å²) in [5, 5.41) is 0. The summed E-state index contributed by atoms with van der Waals surface area (Å²) < 4.78 is 5.04. The number of nitrogens with two attached hydrogens (primary N) is 1. The number of carbonyl (C=O) groups is 1. The second-order valence-electron chi connectivity index (χ2n) is 4.39. The Hall–Kier alpha value is -1.61. The van der Waals surface area contributed by atoms with Gasteiger partial charge in [0.15, 0.2) is 0 Å². The Bertz CT molecular complexity index is 375. The monoisotopic (exact) mass is 247 g/mol. The molecule has 2 atom stereocenters. The van der Waals surface area contributed by atoms with Crippen LogP contribution in [0.25, 0.3) is 0 Å². The molecule has 18 heavy (non-hydrogen) atoms. The number of hydrogen-bond donors (Lipinski definition) is 1. The topological polar surface area (TPSA) is 52.3 Å². The maximum atomic E-state index is 11.0. The molecular weight excluding hydrogens is 226 g/mol. The summed E-state index contributed by atoms with van der Waals surface area (Å²) in [4.78, 5) is 11.0. The number of hydrogen-bond acceptors (Lipinski definition) is 3. The number of ether oxygens (including phenoxy) is 1. The predicted octanol–water partition coefficient (Wildman–Crippen LogP) is 2.48. The van der Waals surface area contributed by atoms with Crippen LogP contribution in [0.5, 0.6) is 0 Å². The maximum absolute atomic E-state index is 11.0. The second-order valence-corrected chi connectivity index (χ2v) is 4.39. The molecule has 0 heterocycles. The van der Waals surface area contributed by atoms with Crippen molar-refractivity contribution in [3.05, 3.63) is 48.6 Å². The highest BCUT2D eigenvalue weighted by Gasteiger charge is 2.18. The van der Waals surface area contributed by atoms with Crippen molar-refractivity contribution in [3.63, 3.8) is 0 Å². The quantitative estimate of drug-likeness (QED) is 0.595. The van der Waals surface area contributed by atoms with Gasteiger partial charge in [-0.1, -0.05) is 43.8 Å². The molecule has 2 N–H and O–H groups in total. The molecule has 0 aromatic heterocycles. The van der Waals surface area contributed by atoms with Gasteiger partial charge in [0.1, 0.15) is 0 Å². The van der Waals surface area contributed by atoms with Crippen LogP contribution in [-0.4, -0.2) is 19.1 Å². The van der Waals surface area contributed by atoms with Crippen LogP contribution in [0, 0.1) is 5.92 Å². The molecule has 3 heteroatoms. The van der Waals surface area contributed by atoms with Gasteiger partial charge in [0.25, 0.3) is 0 Å². The van der Waals surface area contributed by atoms with E-state index in [9.17, 15) is 4.79 Å². The Balaban J connectivity index is 2.62. The first-order valence-electron chi connectivity index (χ1n) is 6.23. The zero-order valence-electron chi connectivity index (χ0n) is 10.8. The third-order valence-corrected chi connectivity index (χ3v) is 3.13. The lowest BCUT2D eigenvalue weighted by Gasteiger charge is -2.23. The molecule has 2 unspecified atom stereocenters. The van der Waals surface area contributed by atoms with Crippen LogP contribution in [0.1, 0.15) is 24.8 Å². The van der Waals surface area contributed by atoms with E-state index in [1.54, 1.807) is 0 Å². The molecule has 0 saturated carbocycles. The predicted molar refractivity (Wildman–Crippen MR) is 73.2 cm³/mol. The smallest absolute Gasteiger partial charge is 0.330 e. The van der Waals surface area contributed by atoms with E-state index in [0.717, 1.165) is 6.42 Å². The van der Waals surface area contributed by atoms with E-state index in [2.05, 4.69) is 25.6 Å². The Labute approximate surface area is 109 Å². The summed E-state index contributed by atoms with van der Waals surface area (Å²) in [6.07, 6.45) is 1.96. The van der Waals surface area contributed by atoms with Crippen molar-refractivity contribution in [1.29, 1.82) is 0 Å². The van der Waals surface area contributed by atoms with E-state index in [0.29, 0.717) is 25.0 Å². The van der Waals surface area contributed by atoms with Crippen LogP contribution in [0.2, 0.25) is 0 Å². The zero-order valence-corrected chi connectivity index (χ0v) is 10.8. The molecule has 0 fully saturated rings. The Morgan fingerprint density at radius 2 is 2.11 bits per heavy atom. The lowest BCUT2D eigenvalue weighted by molar-refractivity contribution is -0.138. The number of rotatable bonds is 7. The van der Waals surface area contributed by atoms with Gasteiger partial charge >= 0.3 is 5.97 Å². The normalized spacial score (nSPS) is 13.7. The second kappa shape index (κ2) is 7.67. The fourth-order valence-electron chi connectivity index (χ4n) is 1.99. The highest BCUT2D eigenvalue weighted by Crippen LogP contribution is 2.27. The van der Waals surface area contributed by atoms with Crippen LogP contribution in [0.3, 0.4) is 0 Å². The van der Waals surface area contributed by atoms with Crippen molar-refractivity contribution < 1.29 is 9.53 Å². The minimum absolute atomic E-state index is 0.314. The Morgan fingerprint density at radius 1 is 1.44 bits per heavy atom. The molecule has 1 aromatic rings. The van der Waals surface area contributed by atoms with E-state index < -0.39 is 0 Å². The van der Waals surface area contributed by atoms with Crippen molar-refractivity contribution in [3.8, 4) is 0 Å². The third kappa shape index (κ3) is 4.34. The summed E-state index contributed by atoms with van der Waals surface area (Å²) in [5.41, 5.74) is 6.98. The molecule has 0 saturated heterocycles. The summed E-state index contributed by atoms with van der Waals surface area (Å²) in [6, 6.07) is 10.2. The van der Waals surface area contributed by atoms with Crippen molar-refractivity contribution in [2.75, 3.05) is 13.2 Å². The number of esters is 1. The highest BCUT2D eigenvalue weighted by molar-refractivity contribution is 5.81. The average Bonchev–Trinajstić information content (AvgIpc) is 2.43. The molecule has 0 amide bonds. The van der Waals surface area contributed by atoms with Crippen molar-refractivity contribution in [2.24, 2.45) is 11.7 Å². The largest absolute Gasteiger partial charge is 0.463 e. The minimum atomic E-state index is -0.373. The molecule has 0 bridgehead atoms. The van der Waals surface area contributed by atoms with E-state index >= 15 is 0 Å². The van der Waals surface area contributed by atoms with E-state index in [4.69, 9.17) is 10.5 Å². The third-order valence-electron chi connectivity index (χ3n) is 3.13. The molecule has 0 aliphatic carbocycles. The molecule has 0 spiro atoms. The Morgan fingerprint density at radius 3 is 2.67 bits per heavy atom. The lowest BCUT2D eigenvalue weighted by Crippen LogP contribution is -2.21. The number of benzene rings is 1. The maximum Gasteiger partial charge on any atom is 0.330 e. The van der Waals surface area contributed by atoms with Crippen LogP contribution < -0.4 is 5.73 Å².